The number of carbonyl (C=O) groups excluding carboxylic acids is 1. The minimum Gasteiger partial charge on any atom is -0.478 e. The first-order valence-electron chi connectivity index (χ1n) is 9.87. The molecule has 148 valence electrons. The molecule has 0 aromatic heterocycles. The topological polar surface area (TPSA) is 69.6 Å². The van der Waals surface area contributed by atoms with Gasteiger partial charge in [0.2, 0.25) is 5.91 Å². The first-order valence-corrected chi connectivity index (χ1v) is 9.87. The van der Waals surface area contributed by atoms with E-state index in [9.17, 15) is 9.59 Å². The molecule has 3 rings (SSSR count). The lowest BCUT2D eigenvalue weighted by molar-refractivity contribution is -0.128. The van der Waals surface area contributed by atoms with Gasteiger partial charge in [-0.05, 0) is 56.5 Å². The van der Waals surface area contributed by atoms with Crippen LogP contribution in [0.25, 0.3) is 0 Å². The average Bonchev–Trinajstić information content (AvgIpc) is 2.68. The lowest BCUT2D eigenvalue weighted by atomic mass is 9.99. The van der Waals surface area contributed by atoms with Crippen molar-refractivity contribution in [2.24, 2.45) is 0 Å². The molecule has 0 bridgehead atoms. The molecule has 5 nitrogen and oxygen atoms in total. The molecule has 0 aliphatic carbocycles. The second-order valence-corrected chi connectivity index (χ2v) is 7.63. The fraction of sp³-hybridized carbons (Fsp3) is 0.391. The highest BCUT2D eigenvalue weighted by atomic mass is 16.4. The fourth-order valence-corrected chi connectivity index (χ4v) is 3.83. The van der Waals surface area contributed by atoms with Gasteiger partial charge in [-0.1, -0.05) is 48.4 Å². The number of amides is 1. The molecule has 1 saturated heterocycles. The third-order valence-corrected chi connectivity index (χ3v) is 5.40. The van der Waals surface area contributed by atoms with Crippen molar-refractivity contribution < 1.29 is 14.7 Å². The number of hydrogen-bond donors (Lipinski definition) is 2. The first-order chi connectivity index (χ1) is 13.4. The van der Waals surface area contributed by atoms with E-state index in [2.05, 4.69) is 41.4 Å². The Morgan fingerprint density at radius 3 is 2.61 bits per heavy atom. The third kappa shape index (κ3) is 4.98. The number of carbonyl (C=O) groups is 2. The molecule has 1 fully saturated rings. The smallest absolute Gasteiger partial charge is 0.335 e. The van der Waals surface area contributed by atoms with E-state index in [4.69, 9.17) is 5.11 Å². The molecular formula is C23H28N2O3. The number of aromatic carboxylic acids is 1. The number of likely N-dealkylation sites (tertiary alicyclic amines) is 1. The monoisotopic (exact) mass is 380 g/mol. The molecule has 0 spiro atoms. The molecule has 1 aliphatic rings. The molecule has 0 radical (unpaired) electrons. The number of carboxylic acid groups (broad SMARTS) is 1. The quantitative estimate of drug-likeness (QED) is 0.797. The van der Waals surface area contributed by atoms with Gasteiger partial charge in [0.1, 0.15) is 0 Å². The maximum Gasteiger partial charge on any atom is 0.335 e. The van der Waals surface area contributed by atoms with Crippen molar-refractivity contribution in [1.82, 2.24) is 10.2 Å². The summed E-state index contributed by atoms with van der Waals surface area (Å²) in [5, 5.41) is 12.1. The standard InChI is InChI=1S/C23H28N2O3/c1-16-6-5-7-18(14-16)15-25-13-4-3-8-21(25)22(26)24-17(2)19-9-11-20(12-10-19)23(27)28/h5-7,9-12,14,17,21H,3-4,8,13,15H2,1-2H3,(H,24,26)(H,27,28)/t17-,21?/m0/s1. The maximum absolute atomic E-state index is 13.0. The van der Waals surface area contributed by atoms with Gasteiger partial charge < -0.3 is 10.4 Å². The van der Waals surface area contributed by atoms with Crippen molar-refractivity contribution in [3.05, 3.63) is 70.8 Å². The lowest BCUT2D eigenvalue weighted by Gasteiger charge is -2.35. The Morgan fingerprint density at radius 1 is 1.18 bits per heavy atom. The van der Waals surface area contributed by atoms with E-state index in [1.54, 1.807) is 24.3 Å². The van der Waals surface area contributed by atoms with Gasteiger partial charge in [0, 0.05) is 6.54 Å². The Bertz CT molecular complexity index is 832. The summed E-state index contributed by atoms with van der Waals surface area (Å²) in [7, 11) is 0. The van der Waals surface area contributed by atoms with Crippen LogP contribution in [0, 0.1) is 6.92 Å². The third-order valence-electron chi connectivity index (χ3n) is 5.40. The number of nitrogens with zero attached hydrogens (tertiary/aromatic N) is 1. The Labute approximate surface area is 166 Å². The van der Waals surface area contributed by atoms with Crippen LogP contribution in [0.4, 0.5) is 0 Å². The maximum atomic E-state index is 13.0. The first kappa shape index (κ1) is 20.1. The average molecular weight is 380 g/mol. The van der Waals surface area contributed by atoms with Crippen molar-refractivity contribution in [2.75, 3.05) is 6.54 Å². The van der Waals surface area contributed by atoms with Crippen LogP contribution in [0.1, 0.15) is 59.3 Å². The van der Waals surface area contributed by atoms with Crippen molar-refractivity contribution in [1.29, 1.82) is 0 Å². The van der Waals surface area contributed by atoms with Crippen molar-refractivity contribution in [3.63, 3.8) is 0 Å². The predicted octanol–water partition coefficient (Wildman–Crippen LogP) is 3.93. The Kier molecular flexibility index (Phi) is 6.47. The van der Waals surface area contributed by atoms with Crippen LogP contribution in [0.15, 0.2) is 48.5 Å². The van der Waals surface area contributed by atoms with Gasteiger partial charge in [-0.15, -0.1) is 0 Å². The summed E-state index contributed by atoms with van der Waals surface area (Å²) in [5.74, 6) is -0.903. The molecule has 1 amide bonds. The van der Waals surface area contributed by atoms with Gasteiger partial charge in [-0.25, -0.2) is 4.79 Å². The Balaban J connectivity index is 1.65. The zero-order valence-electron chi connectivity index (χ0n) is 16.5. The molecule has 5 heteroatoms. The number of carboxylic acids is 1. The van der Waals surface area contributed by atoms with Gasteiger partial charge in [-0.3, -0.25) is 9.69 Å². The van der Waals surface area contributed by atoms with E-state index < -0.39 is 5.97 Å². The zero-order chi connectivity index (χ0) is 20.1. The Morgan fingerprint density at radius 2 is 1.93 bits per heavy atom. The highest BCUT2D eigenvalue weighted by molar-refractivity contribution is 5.87. The van der Waals surface area contributed by atoms with Gasteiger partial charge in [0.05, 0.1) is 17.6 Å². The lowest BCUT2D eigenvalue weighted by Crippen LogP contribution is -2.49. The van der Waals surface area contributed by atoms with Gasteiger partial charge in [-0.2, -0.15) is 0 Å². The molecule has 1 unspecified atom stereocenters. The van der Waals surface area contributed by atoms with E-state index in [0.29, 0.717) is 0 Å². The van der Waals surface area contributed by atoms with Crippen LogP contribution in [0.5, 0.6) is 0 Å². The second-order valence-electron chi connectivity index (χ2n) is 7.63. The van der Waals surface area contributed by atoms with E-state index in [-0.39, 0.29) is 23.6 Å². The van der Waals surface area contributed by atoms with Crippen LogP contribution >= 0.6 is 0 Å². The summed E-state index contributed by atoms with van der Waals surface area (Å²) in [4.78, 5) is 26.2. The molecular weight excluding hydrogens is 352 g/mol. The van der Waals surface area contributed by atoms with Crippen LogP contribution < -0.4 is 5.32 Å². The summed E-state index contributed by atoms with van der Waals surface area (Å²) >= 11 is 0. The predicted molar refractivity (Wildman–Crippen MR) is 109 cm³/mol. The van der Waals surface area contributed by atoms with Crippen LogP contribution in [0.3, 0.4) is 0 Å². The minimum atomic E-state index is -0.947. The fourth-order valence-electron chi connectivity index (χ4n) is 3.83. The highest BCUT2D eigenvalue weighted by Crippen LogP contribution is 2.22. The molecule has 0 saturated carbocycles. The molecule has 1 aliphatic heterocycles. The summed E-state index contributed by atoms with van der Waals surface area (Å²) in [5.41, 5.74) is 3.62. The normalized spacial score (nSPS) is 18.4. The van der Waals surface area contributed by atoms with Crippen molar-refractivity contribution in [2.45, 2.75) is 51.7 Å². The minimum absolute atomic E-state index is 0.0437. The van der Waals surface area contributed by atoms with Gasteiger partial charge >= 0.3 is 5.97 Å². The molecule has 2 aromatic carbocycles. The summed E-state index contributed by atoms with van der Waals surface area (Å²) in [6.45, 7) is 5.72. The van der Waals surface area contributed by atoms with Crippen molar-refractivity contribution in [3.8, 4) is 0 Å². The number of nitrogens with one attached hydrogen (secondary N) is 1. The summed E-state index contributed by atoms with van der Waals surface area (Å²) in [6.07, 6.45) is 3.04. The SMILES string of the molecule is Cc1cccc(CN2CCCCC2C(=O)N[C@@H](C)c2ccc(C(=O)O)cc2)c1. The van der Waals surface area contributed by atoms with Crippen molar-refractivity contribution >= 4 is 11.9 Å². The van der Waals surface area contributed by atoms with Gasteiger partial charge in [0.25, 0.3) is 0 Å². The van der Waals surface area contributed by atoms with E-state index in [1.165, 1.54) is 11.1 Å². The number of rotatable bonds is 6. The summed E-state index contributed by atoms with van der Waals surface area (Å²) in [6, 6.07) is 14.8. The molecule has 28 heavy (non-hydrogen) atoms. The largest absolute Gasteiger partial charge is 0.478 e. The van der Waals surface area contributed by atoms with E-state index in [1.807, 2.05) is 6.92 Å². The summed E-state index contributed by atoms with van der Waals surface area (Å²) < 4.78 is 0. The van der Waals surface area contributed by atoms with E-state index in [0.717, 1.165) is 37.9 Å². The molecule has 2 N–H and O–H groups in total. The Hall–Kier alpha value is -2.66. The van der Waals surface area contributed by atoms with Crippen LogP contribution in [0.2, 0.25) is 0 Å². The molecule has 2 atom stereocenters. The molecule has 1 heterocycles. The van der Waals surface area contributed by atoms with Gasteiger partial charge in [0.15, 0.2) is 0 Å². The zero-order valence-corrected chi connectivity index (χ0v) is 16.5. The second kappa shape index (κ2) is 9.02. The number of hydrogen-bond acceptors (Lipinski definition) is 3. The van der Waals surface area contributed by atoms with Crippen LogP contribution in [-0.2, 0) is 11.3 Å². The van der Waals surface area contributed by atoms with Crippen LogP contribution in [-0.4, -0.2) is 34.5 Å². The number of benzene rings is 2. The number of aryl methyl sites for hydroxylation is 1. The molecule has 2 aromatic rings. The number of piperidine rings is 1. The van der Waals surface area contributed by atoms with E-state index >= 15 is 0 Å². The highest BCUT2D eigenvalue weighted by Gasteiger charge is 2.29.